The van der Waals surface area contributed by atoms with E-state index in [1.165, 1.54) is 29.9 Å². The van der Waals surface area contributed by atoms with Gasteiger partial charge in [0.15, 0.2) is 5.69 Å². The highest BCUT2D eigenvalue weighted by Crippen LogP contribution is 2.18. The van der Waals surface area contributed by atoms with E-state index in [0.717, 1.165) is 0 Å². The summed E-state index contributed by atoms with van der Waals surface area (Å²) in [6.45, 7) is 0. The van der Waals surface area contributed by atoms with Gasteiger partial charge in [-0.15, -0.1) is 11.3 Å². The summed E-state index contributed by atoms with van der Waals surface area (Å²) in [4.78, 5) is 32.1. The van der Waals surface area contributed by atoms with Crippen molar-refractivity contribution in [3.8, 4) is 5.75 Å². The number of rotatable bonds is 4. The van der Waals surface area contributed by atoms with E-state index in [9.17, 15) is 9.59 Å². The Balaban J connectivity index is 1.63. The quantitative estimate of drug-likeness (QED) is 0.589. The molecule has 0 aliphatic heterocycles. The molecule has 3 rings (SSSR count). The number of nitrogens with zero attached hydrogens (tertiary/aromatic N) is 2. The van der Waals surface area contributed by atoms with E-state index < -0.39 is 5.97 Å². The summed E-state index contributed by atoms with van der Waals surface area (Å²) in [5.74, 6) is -0.410. The molecule has 0 saturated carbocycles. The van der Waals surface area contributed by atoms with Crippen LogP contribution in [0.15, 0.2) is 60.4 Å². The van der Waals surface area contributed by atoms with Gasteiger partial charge >= 0.3 is 5.97 Å². The van der Waals surface area contributed by atoms with Crippen LogP contribution in [0.5, 0.6) is 5.75 Å². The summed E-state index contributed by atoms with van der Waals surface area (Å²) in [6, 6.07) is 10.1. The standard InChI is InChI=1S/C16H11N3O3S/c20-15(14-2-1-9-23-14)19-11-3-5-12(6-4-11)22-16(21)13-10-17-7-8-18-13/h1-10H,(H,19,20). The number of esters is 1. The predicted molar refractivity (Wildman–Crippen MR) is 85.7 cm³/mol. The number of carbonyl (C=O) groups excluding carboxylic acids is 2. The molecule has 0 unspecified atom stereocenters. The van der Waals surface area contributed by atoms with E-state index in [-0.39, 0.29) is 11.6 Å². The second-order valence-electron chi connectivity index (χ2n) is 4.44. The maximum absolute atomic E-state index is 11.9. The van der Waals surface area contributed by atoms with E-state index in [1.54, 1.807) is 30.3 Å². The zero-order valence-corrected chi connectivity index (χ0v) is 12.6. The lowest BCUT2D eigenvalue weighted by Gasteiger charge is -2.06. The van der Waals surface area contributed by atoms with E-state index >= 15 is 0 Å². The maximum Gasteiger partial charge on any atom is 0.363 e. The smallest absolute Gasteiger partial charge is 0.363 e. The molecule has 23 heavy (non-hydrogen) atoms. The minimum atomic E-state index is -0.589. The van der Waals surface area contributed by atoms with Crippen molar-refractivity contribution in [1.82, 2.24) is 9.97 Å². The highest BCUT2D eigenvalue weighted by atomic mass is 32.1. The topological polar surface area (TPSA) is 81.2 Å². The van der Waals surface area contributed by atoms with Gasteiger partial charge in [-0.1, -0.05) is 6.07 Å². The maximum atomic E-state index is 11.9. The zero-order chi connectivity index (χ0) is 16.1. The molecule has 114 valence electrons. The Bertz CT molecular complexity index is 802. The van der Waals surface area contributed by atoms with Crippen LogP contribution in [-0.2, 0) is 0 Å². The zero-order valence-electron chi connectivity index (χ0n) is 11.8. The number of amides is 1. The minimum Gasteiger partial charge on any atom is -0.422 e. The first kappa shape index (κ1) is 14.9. The SMILES string of the molecule is O=C(Oc1ccc(NC(=O)c2cccs2)cc1)c1cnccn1. The van der Waals surface area contributed by atoms with Crippen molar-refractivity contribution < 1.29 is 14.3 Å². The van der Waals surface area contributed by atoms with Crippen molar-refractivity contribution in [2.45, 2.75) is 0 Å². The average molecular weight is 325 g/mol. The summed E-state index contributed by atoms with van der Waals surface area (Å²) >= 11 is 1.37. The highest BCUT2D eigenvalue weighted by Gasteiger charge is 2.11. The molecule has 6 nitrogen and oxygen atoms in total. The Morgan fingerprint density at radius 1 is 1.09 bits per heavy atom. The Kier molecular flexibility index (Phi) is 4.39. The van der Waals surface area contributed by atoms with Gasteiger partial charge in [-0.05, 0) is 35.7 Å². The van der Waals surface area contributed by atoms with Crippen LogP contribution in [0.3, 0.4) is 0 Å². The Hall–Kier alpha value is -3.06. The first-order valence-corrected chi connectivity index (χ1v) is 7.53. The lowest BCUT2D eigenvalue weighted by atomic mass is 10.3. The van der Waals surface area contributed by atoms with Crippen LogP contribution in [-0.4, -0.2) is 21.8 Å². The Morgan fingerprint density at radius 3 is 2.57 bits per heavy atom. The lowest BCUT2D eigenvalue weighted by Crippen LogP contribution is -2.11. The van der Waals surface area contributed by atoms with Crippen molar-refractivity contribution in [2.75, 3.05) is 5.32 Å². The minimum absolute atomic E-state index is 0.127. The van der Waals surface area contributed by atoms with Crippen molar-refractivity contribution in [3.05, 3.63) is 70.9 Å². The molecule has 0 aliphatic carbocycles. The molecule has 0 saturated heterocycles. The predicted octanol–water partition coefficient (Wildman–Crippen LogP) is 3.01. The fourth-order valence-corrected chi connectivity index (χ4v) is 2.39. The molecule has 1 amide bonds. The van der Waals surface area contributed by atoms with Gasteiger partial charge in [0.05, 0.1) is 11.1 Å². The van der Waals surface area contributed by atoms with Gasteiger partial charge in [0.2, 0.25) is 0 Å². The first-order valence-electron chi connectivity index (χ1n) is 6.65. The largest absolute Gasteiger partial charge is 0.422 e. The molecule has 0 aliphatic rings. The number of benzene rings is 1. The van der Waals surface area contributed by atoms with E-state index in [0.29, 0.717) is 16.3 Å². The van der Waals surface area contributed by atoms with Crippen LogP contribution in [0.2, 0.25) is 0 Å². The van der Waals surface area contributed by atoms with Crippen molar-refractivity contribution >= 4 is 28.9 Å². The third kappa shape index (κ3) is 3.78. The summed E-state index contributed by atoms with van der Waals surface area (Å²) in [6.07, 6.45) is 4.22. The van der Waals surface area contributed by atoms with E-state index in [4.69, 9.17) is 4.74 Å². The van der Waals surface area contributed by atoms with Gasteiger partial charge in [0.25, 0.3) is 5.91 Å². The van der Waals surface area contributed by atoms with Gasteiger partial charge < -0.3 is 10.1 Å². The summed E-state index contributed by atoms with van der Waals surface area (Å²) < 4.78 is 5.18. The van der Waals surface area contributed by atoms with Crippen LogP contribution in [0.25, 0.3) is 0 Å². The number of hydrogen-bond donors (Lipinski definition) is 1. The van der Waals surface area contributed by atoms with Gasteiger partial charge in [0, 0.05) is 18.1 Å². The fraction of sp³-hybridized carbons (Fsp3) is 0. The number of thiophene rings is 1. The number of carbonyl (C=O) groups is 2. The molecule has 1 aromatic carbocycles. The van der Waals surface area contributed by atoms with Gasteiger partial charge in [-0.3, -0.25) is 9.78 Å². The van der Waals surface area contributed by atoms with Crippen molar-refractivity contribution in [3.63, 3.8) is 0 Å². The molecule has 2 heterocycles. The van der Waals surface area contributed by atoms with Crippen LogP contribution >= 0.6 is 11.3 Å². The van der Waals surface area contributed by atoms with Gasteiger partial charge in [-0.2, -0.15) is 0 Å². The second kappa shape index (κ2) is 6.80. The summed E-state index contributed by atoms with van der Waals surface area (Å²) in [5.41, 5.74) is 0.741. The number of ether oxygens (including phenoxy) is 1. The summed E-state index contributed by atoms with van der Waals surface area (Å²) in [7, 11) is 0. The molecule has 1 N–H and O–H groups in total. The Morgan fingerprint density at radius 2 is 1.91 bits per heavy atom. The number of aromatic nitrogens is 2. The third-order valence-electron chi connectivity index (χ3n) is 2.84. The number of hydrogen-bond acceptors (Lipinski definition) is 6. The molecule has 0 atom stereocenters. The van der Waals surface area contributed by atoms with E-state index in [1.807, 2.05) is 11.4 Å². The molecule has 0 bridgehead atoms. The Labute approximate surface area is 135 Å². The number of nitrogens with one attached hydrogen (secondary N) is 1. The molecule has 0 radical (unpaired) electrons. The molecule has 7 heteroatoms. The lowest BCUT2D eigenvalue weighted by molar-refractivity contribution is 0.0728. The molecular weight excluding hydrogens is 314 g/mol. The molecule has 0 spiro atoms. The third-order valence-corrected chi connectivity index (χ3v) is 3.71. The van der Waals surface area contributed by atoms with Crippen LogP contribution < -0.4 is 10.1 Å². The summed E-state index contributed by atoms with van der Waals surface area (Å²) in [5, 5.41) is 4.60. The van der Waals surface area contributed by atoms with Crippen molar-refractivity contribution in [1.29, 1.82) is 0 Å². The monoisotopic (exact) mass is 325 g/mol. The van der Waals surface area contributed by atoms with Gasteiger partial charge in [0.1, 0.15) is 5.75 Å². The fourth-order valence-electron chi connectivity index (χ4n) is 1.77. The molecule has 0 fully saturated rings. The van der Waals surface area contributed by atoms with Crippen LogP contribution in [0.4, 0.5) is 5.69 Å². The molecule has 3 aromatic rings. The normalized spacial score (nSPS) is 10.1. The van der Waals surface area contributed by atoms with Crippen LogP contribution in [0.1, 0.15) is 20.2 Å². The first-order chi connectivity index (χ1) is 11.2. The molecular formula is C16H11N3O3S. The van der Waals surface area contributed by atoms with E-state index in [2.05, 4.69) is 15.3 Å². The van der Waals surface area contributed by atoms with Crippen molar-refractivity contribution in [2.24, 2.45) is 0 Å². The van der Waals surface area contributed by atoms with Crippen LogP contribution in [0, 0.1) is 0 Å². The highest BCUT2D eigenvalue weighted by molar-refractivity contribution is 7.12. The second-order valence-corrected chi connectivity index (χ2v) is 5.38. The van der Waals surface area contributed by atoms with Gasteiger partial charge in [-0.25, -0.2) is 9.78 Å². The average Bonchev–Trinajstić information content (AvgIpc) is 3.12. The number of anilines is 1. The molecule has 2 aromatic heterocycles.